The molecule has 1 aromatic carbocycles. The molecule has 0 saturated heterocycles. The summed E-state index contributed by atoms with van der Waals surface area (Å²) in [6.07, 6.45) is 0. The lowest BCUT2D eigenvalue weighted by molar-refractivity contribution is -0.127. The molecular formula is C15H23N3O3. The van der Waals surface area contributed by atoms with E-state index in [9.17, 15) is 14.7 Å². The van der Waals surface area contributed by atoms with E-state index in [1.807, 2.05) is 13.8 Å². The van der Waals surface area contributed by atoms with Crippen LogP contribution in [0.2, 0.25) is 0 Å². The van der Waals surface area contributed by atoms with Crippen molar-refractivity contribution in [1.82, 2.24) is 10.6 Å². The number of phenolic OH excluding ortho intramolecular Hbond substituents is 1. The summed E-state index contributed by atoms with van der Waals surface area (Å²) in [5.74, 6) is -0.496. The fraction of sp³-hybridized carbons (Fsp3) is 0.467. The molecule has 5 N–H and O–H groups in total. The number of nitrogens with one attached hydrogen (secondary N) is 2. The maximum atomic E-state index is 11.8. The molecule has 1 rings (SSSR count). The lowest BCUT2D eigenvalue weighted by atomic mass is 10.1. The Labute approximate surface area is 124 Å². The molecule has 0 aliphatic rings. The number of benzene rings is 1. The first-order chi connectivity index (χ1) is 9.81. The van der Waals surface area contributed by atoms with Crippen molar-refractivity contribution in [3.63, 3.8) is 0 Å². The predicted octanol–water partition coefficient (Wildman–Crippen LogP) is 0.669. The van der Waals surface area contributed by atoms with Gasteiger partial charge in [-0.3, -0.25) is 9.59 Å². The summed E-state index contributed by atoms with van der Waals surface area (Å²) in [7, 11) is 0. The van der Waals surface area contributed by atoms with Gasteiger partial charge < -0.3 is 21.5 Å². The van der Waals surface area contributed by atoms with Gasteiger partial charge in [0.1, 0.15) is 5.75 Å². The van der Waals surface area contributed by atoms with E-state index in [4.69, 9.17) is 5.73 Å². The first kappa shape index (κ1) is 17.0. The molecule has 2 atom stereocenters. The zero-order chi connectivity index (χ0) is 16.0. The maximum Gasteiger partial charge on any atom is 0.239 e. The summed E-state index contributed by atoms with van der Waals surface area (Å²) in [5.41, 5.74) is 6.47. The third-order valence-electron chi connectivity index (χ3n) is 3.19. The molecule has 116 valence electrons. The number of phenols is 1. The highest BCUT2D eigenvalue weighted by Gasteiger charge is 2.18. The fourth-order valence-electron chi connectivity index (χ4n) is 1.76. The van der Waals surface area contributed by atoms with Gasteiger partial charge in [0, 0.05) is 0 Å². The quantitative estimate of drug-likeness (QED) is 0.618. The van der Waals surface area contributed by atoms with Crippen LogP contribution in [-0.2, 0) is 9.59 Å². The van der Waals surface area contributed by atoms with Gasteiger partial charge in [-0.15, -0.1) is 0 Å². The van der Waals surface area contributed by atoms with Gasteiger partial charge in [0.25, 0.3) is 0 Å². The molecule has 0 aliphatic carbocycles. The van der Waals surface area contributed by atoms with Gasteiger partial charge >= 0.3 is 0 Å². The van der Waals surface area contributed by atoms with Crippen LogP contribution in [0, 0.1) is 5.92 Å². The summed E-state index contributed by atoms with van der Waals surface area (Å²) >= 11 is 0. The minimum atomic E-state index is -0.624. The van der Waals surface area contributed by atoms with Gasteiger partial charge in [-0.1, -0.05) is 26.0 Å². The van der Waals surface area contributed by atoms with E-state index in [2.05, 4.69) is 10.6 Å². The second kappa shape index (κ2) is 7.64. The van der Waals surface area contributed by atoms with Crippen molar-refractivity contribution in [3.8, 4) is 5.75 Å². The van der Waals surface area contributed by atoms with Gasteiger partial charge in [0.2, 0.25) is 11.8 Å². The largest absolute Gasteiger partial charge is 0.508 e. The molecular weight excluding hydrogens is 270 g/mol. The van der Waals surface area contributed by atoms with Crippen molar-refractivity contribution >= 4 is 11.8 Å². The number of rotatable bonds is 6. The normalized spacial score (nSPS) is 13.6. The Balaban J connectivity index is 2.45. The van der Waals surface area contributed by atoms with Crippen molar-refractivity contribution < 1.29 is 14.7 Å². The zero-order valence-corrected chi connectivity index (χ0v) is 12.6. The Morgan fingerprint density at radius 1 is 1.29 bits per heavy atom. The first-order valence-corrected chi connectivity index (χ1v) is 6.93. The topological polar surface area (TPSA) is 104 Å². The van der Waals surface area contributed by atoms with Crippen LogP contribution in [-0.4, -0.2) is 29.5 Å². The summed E-state index contributed by atoms with van der Waals surface area (Å²) in [4.78, 5) is 23.4. The molecule has 0 saturated carbocycles. The molecule has 2 amide bonds. The Bertz CT molecular complexity index is 503. The van der Waals surface area contributed by atoms with Crippen LogP contribution in [0.4, 0.5) is 0 Å². The van der Waals surface area contributed by atoms with Crippen molar-refractivity contribution in [1.29, 1.82) is 0 Å². The van der Waals surface area contributed by atoms with E-state index in [0.29, 0.717) is 0 Å². The minimum Gasteiger partial charge on any atom is -0.508 e. The van der Waals surface area contributed by atoms with Crippen molar-refractivity contribution in [3.05, 3.63) is 29.8 Å². The van der Waals surface area contributed by atoms with Crippen LogP contribution in [0.25, 0.3) is 0 Å². The molecule has 0 spiro atoms. The standard InChI is InChI=1S/C15H23N3O3/c1-9(2)14(16)15(21)17-8-13(20)18-10(3)11-5-4-6-12(19)7-11/h4-7,9-10,14,19H,8,16H2,1-3H3,(H,17,21)(H,18,20)/t10?,14-/m0/s1. The smallest absolute Gasteiger partial charge is 0.239 e. The van der Waals surface area contributed by atoms with E-state index in [0.717, 1.165) is 5.56 Å². The lowest BCUT2D eigenvalue weighted by Crippen LogP contribution is -2.47. The van der Waals surface area contributed by atoms with Gasteiger partial charge in [-0.05, 0) is 30.5 Å². The average Bonchev–Trinajstić information content (AvgIpc) is 2.43. The molecule has 0 heterocycles. The van der Waals surface area contributed by atoms with Gasteiger partial charge in [0.15, 0.2) is 0 Å². The number of carbonyl (C=O) groups is 2. The fourth-order valence-corrected chi connectivity index (χ4v) is 1.76. The second-order valence-corrected chi connectivity index (χ2v) is 5.37. The zero-order valence-electron chi connectivity index (χ0n) is 12.6. The molecule has 0 radical (unpaired) electrons. The van der Waals surface area contributed by atoms with Crippen molar-refractivity contribution in [2.45, 2.75) is 32.9 Å². The third kappa shape index (κ3) is 5.43. The van der Waals surface area contributed by atoms with E-state index in [1.165, 1.54) is 0 Å². The van der Waals surface area contributed by atoms with E-state index < -0.39 is 6.04 Å². The minimum absolute atomic E-state index is 0.0132. The number of hydrogen-bond donors (Lipinski definition) is 4. The maximum absolute atomic E-state index is 11.8. The Morgan fingerprint density at radius 3 is 2.52 bits per heavy atom. The molecule has 21 heavy (non-hydrogen) atoms. The van der Waals surface area contributed by atoms with Gasteiger partial charge in [-0.25, -0.2) is 0 Å². The number of amides is 2. The molecule has 0 aliphatic heterocycles. The Morgan fingerprint density at radius 2 is 1.95 bits per heavy atom. The highest BCUT2D eigenvalue weighted by Crippen LogP contribution is 2.17. The average molecular weight is 293 g/mol. The van der Waals surface area contributed by atoms with Crippen LogP contribution >= 0.6 is 0 Å². The van der Waals surface area contributed by atoms with Crippen LogP contribution in [0.5, 0.6) is 5.75 Å². The first-order valence-electron chi connectivity index (χ1n) is 6.93. The second-order valence-electron chi connectivity index (χ2n) is 5.37. The number of hydrogen-bond acceptors (Lipinski definition) is 4. The molecule has 6 heteroatoms. The van der Waals surface area contributed by atoms with Gasteiger partial charge in [-0.2, -0.15) is 0 Å². The van der Waals surface area contributed by atoms with Crippen molar-refractivity contribution in [2.24, 2.45) is 11.7 Å². The highest BCUT2D eigenvalue weighted by atomic mass is 16.3. The summed E-state index contributed by atoms with van der Waals surface area (Å²) in [6, 6.07) is 5.76. The van der Waals surface area contributed by atoms with Crippen LogP contribution in [0.1, 0.15) is 32.4 Å². The summed E-state index contributed by atoms with van der Waals surface area (Å²) in [6.45, 7) is 5.36. The van der Waals surface area contributed by atoms with Crippen LogP contribution < -0.4 is 16.4 Å². The Hall–Kier alpha value is -2.08. The molecule has 6 nitrogen and oxygen atoms in total. The van der Waals surface area contributed by atoms with Gasteiger partial charge in [0.05, 0.1) is 18.6 Å². The molecule has 0 fully saturated rings. The van der Waals surface area contributed by atoms with Crippen molar-refractivity contribution in [2.75, 3.05) is 6.54 Å². The third-order valence-corrected chi connectivity index (χ3v) is 3.19. The summed E-state index contributed by atoms with van der Waals surface area (Å²) < 4.78 is 0. The van der Waals surface area contributed by atoms with Crippen LogP contribution in [0.3, 0.4) is 0 Å². The van der Waals surface area contributed by atoms with E-state index in [1.54, 1.807) is 31.2 Å². The number of aromatic hydroxyl groups is 1. The Kier molecular flexibility index (Phi) is 6.17. The monoisotopic (exact) mass is 293 g/mol. The molecule has 0 bridgehead atoms. The van der Waals surface area contributed by atoms with E-state index >= 15 is 0 Å². The predicted molar refractivity (Wildman–Crippen MR) is 80.5 cm³/mol. The van der Waals surface area contributed by atoms with E-state index in [-0.39, 0.29) is 36.1 Å². The summed E-state index contributed by atoms with van der Waals surface area (Å²) in [5, 5.41) is 14.6. The highest BCUT2D eigenvalue weighted by molar-refractivity contribution is 5.87. The number of nitrogens with two attached hydrogens (primary N) is 1. The number of carbonyl (C=O) groups excluding carboxylic acids is 2. The van der Waals surface area contributed by atoms with Crippen LogP contribution in [0.15, 0.2) is 24.3 Å². The SMILES string of the molecule is CC(NC(=O)CNC(=O)[C@@H](N)C(C)C)c1cccc(O)c1. The molecule has 1 unspecified atom stereocenters. The molecule has 0 aromatic heterocycles. The molecule has 1 aromatic rings. The lowest BCUT2D eigenvalue weighted by Gasteiger charge is -2.17.